The lowest BCUT2D eigenvalue weighted by Gasteiger charge is -2.19. The van der Waals surface area contributed by atoms with Crippen LogP contribution in [0.2, 0.25) is 0 Å². The molecule has 1 aliphatic rings. The Morgan fingerprint density at radius 2 is 2.15 bits per heavy atom. The molecule has 20 heavy (non-hydrogen) atoms. The van der Waals surface area contributed by atoms with Crippen LogP contribution in [0.3, 0.4) is 0 Å². The Hall–Kier alpha value is -0.690. The first-order valence-electron chi connectivity index (χ1n) is 7.36. The van der Waals surface area contributed by atoms with Gasteiger partial charge in [0.15, 0.2) is 5.13 Å². The van der Waals surface area contributed by atoms with Gasteiger partial charge in [0.05, 0.1) is 12.3 Å². The molecule has 6 heteroatoms. The normalized spacial score (nSPS) is 17.4. The van der Waals surface area contributed by atoms with Gasteiger partial charge in [-0.05, 0) is 26.6 Å². The summed E-state index contributed by atoms with van der Waals surface area (Å²) in [5.41, 5.74) is 1.09. The molecule has 0 saturated carbocycles. The Morgan fingerprint density at radius 3 is 2.90 bits per heavy atom. The Bertz CT molecular complexity index is 410. The van der Waals surface area contributed by atoms with Gasteiger partial charge in [-0.25, -0.2) is 4.98 Å². The van der Waals surface area contributed by atoms with Gasteiger partial charge in [-0.3, -0.25) is 0 Å². The largest absolute Gasteiger partial charge is 0.378 e. The van der Waals surface area contributed by atoms with Gasteiger partial charge in [0, 0.05) is 38.2 Å². The van der Waals surface area contributed by atoms with Crippen LogP contribution in [-0.4, -0.2) is 56.8 Å². The van der Waals surface area contributed by atoms with E-state index in [0.29, 0.717) is 6.61 Å². The zero-order chi connectivity index (χ0) is 14.4. The zero-order valence-corrected chi connectivity index (χ0v) is 13.6. The number of anilines is 1. The lowest BCUT2D eigenvalue weighted by Crippen LogP contribution is -2.28. The summed E-state index contributed by atoms with van der Waals surface area (Å²) in [6.07, 6.45) is 1.21. The van der Waals surface area contributed by atoms with Gasteiger partial charge < -0.3 is 19.9 Å². The summed E-state index contributed by atoms with van der Waals surface area (Å²) in [6.45, 7) is 9.06. The second kappa shape index (κ2) is 7.93. The summed E-state index contributed by atoms with van der Waals surface area (Å²) >= 11 is 1.81. The number of rotatable bonds is 6. The van der Waals surface area contributed by atoms with E-state index in [-0.39, 0.29) is 0 Å². The number of methoxy groups -OCH3 is 1. The van der Waals surface area contributed by atoms with Crippen LogP contribution >= 0.6 is 11.3 Å². The van der Waals surface area contributed by atoms with Gasteiger partial charge in [0.2, 0.25) is 0 Å². The molecule has 2 heterocycles. The molecule has 0 atom stereocenters. The summed E-state index contributed by atoms with van der Waals surface area (Å²) < 4.78 is 5.28. The molecular formula is C14H26N4OS. The van der Waals surface area contributed by atoms with Crippen LogP contribution in [0.15, 0.2) is 0 Å². The molecule has 0 spiro atoms. The van der Waals surface area contributed by atoms with Crippen LogP contribution < -0.4 is 10.2 Å². The van der Waals surface area contributed by atoms with E-state index in [4.69, 9.17) is 9.72 Å². The molecule has 1 N–H and O–H groups in total. The monoisotopic (exact) mass is 298 g/mol. The molecule has 0 bridgehead atoms. The third-order valence-corrected chi connectivity index (χ3v) is 4.73. The number of nitrogens with zero attached hydrogens (tertiary/aromatic N) is 3. The van der Waals surface area contributed by atoms with E-state index in [1.165, 1.54) is 17.8 Å². The summed E-state index contributed by atoms with van der Waals surface area (Å²) in [5.74, 6) is 0. The second-order valence-electron chi connectivity index (χ2n) is 5.22. The molecular weight excluding hydrogens is 272 g/mol. The van der Waals surface area contributed by atoms with Gasteiger partial charge >= 0.3 is 0 Å². The SMILES string of the molecule is CCNCc1sc(N2CCCN(C)CC2)nc1COC. The summed E-state index contributed by atoms with van der Waals surface area (Å²) in [5, 5.41) is 4.54. The van der Waals surface area contributed by atoms with Crippen molar-refractivity contribution in [2.24, 2.45) is 0 Å². The fourth-order valence-electron chi connectivity index (χ4n) is 2.37. The van der Waals surface area contributed by atoms with Crippen molar-refractivity contribution >= 4 is 16.5 Å². The van der Waals surface area contributed by atoms with Crippen LogP contribution in [0.5, 0.6) is 0 Å². The van der Waals surface area contributed by atoms with Crippen LogP contribution in [0.4, 0.5) is 5.13 Å². The molecule has 0 unspecified atom stereocenters. The van der Waals surface area contributed by atoms with E-state index in [0.717, 1.165) is 43.5 Å². The molecule has 1 saturated heterocycles. The number of ether oxygens (including phenoxy) is 1. The minimum Gasteiger partial charge on any atom is -0.378 e. The zero-order valence-electron chi connectivity index (χ0n) is 12.8. The van der Waals surface area contributed by atoms with Gasteiger partial charge in [-0.2, -0.15) is 0 Å². The minimum absolute atomic E-state index is 0.602. The van der Waals surface area contributed by atoms with E-state index in [9.17, 15) is 0 Å². The number of aromatic nitrogens is 1. The Kier molecular flexibility index (Phi) is 6.22. The van der Waals surface area contributed by atoms with Crippen molar-refractivity contribution in [3.8, 4) is 0 Å². The topological polar surface area (TPSA) is 40.6 Å². The lowest BCUT2D eigenvalue weighted by atomic mass is 10.3. The van der Waals surface area contributed by atoms with Crippen LogP contribution in [0.1, 0.15) is 23.9 Å². The standard InChI is InChI=1S/C14H26N4OS/c1-4-15-10-13-12(11-19-3)16-14(20-13)18-7-5-6-17(2)8-9-18/h15H,4-11H2,1-3H3. The average molecular weight is 298 g/mol. The van der Waals surface area contributed by atoms with Crippen LogP contribution in [0.25, 0.3) is 0 Å². The third-order valence-electron chi connectivity index (χ3n) is 3.57. The molecule has 0 radical (unpaired) electrons. The van der Waals surface area contributed by atoms with Crippen molar-refractivity contribution in [1.29, 1.82) is 0 Å². The maximum Gasteiger partial charge on any atom is 0.185 e. The molecule has 1 fully saturated rings. The molecule has 0 amide bonds. The van der Waals surface area contributed by atoms with Gasteiger partial charge in [-0.1, -0.05) is 6.92 Å². The molecule has 114 valence electrons. The molecule has 2 rings (SSSR count). The third kappa shape index (κ3) is 4.15. The predicted octanol–water partition coefficient (Wildman–Crippen LogP) is 1.54. The predicted molar refractivity (Wildman–Crippen MR) is 84.5 cm³/mol. The first kappa shape index (κ1) is 15.7. The van der Waals surface area contributed by atoms with Gasteiger partial charge in [0.25, 0.3) is 0 Å². The Morgan fingerprint density at radius 1 is 1.30 bits per heavy atom. The van der Waals surface area contributed by atoms with Crippen molar-refractivity contribution < 1.29 is 4.74 Å². The van der Waals surface area contributed by atoms with Gasteiger partial charge in [-0.15, -0.1) is 11.3 Å². The van der Waals surface area contributed by atoms with Gasteiger partial charge in [0.1, 0.15) is 0 Å². The van der Waals surface area contributed by atoms with E-state index in [1.54, 1.807) is 7.11 Å². The first-order chi connectivity index (χ1) is 9.74. The summed E-state index contributed by atoms with van der Waals surface area (Å²) in [4.78, 5) is 10.9. The molecule has 1 aromatic rings. The van der Waals surface area contributed by atoms with E-state index >= 15 is 0 Å². The summed E-state index contributed by atoms with van der Waals surface area (Å²) in [7, 11) is 3.93. The van der Waals surface area contributed by atoms with Crippen molar-refractivity contribution in [3.05, 3.63) is 10.6 Å². The molecule has 0 aromatic carbocycles. The molecule has 1 aromatic heterocycles. The highest BCUT2D eigenvalue weighted by Gasteiger charge is 2.18. The molecule has 1 aliphatic heterocycles. The number of thiazole rings is 1. The number of nitrogens with one attached hydrogen (secondary N) is 1. The second-order valence-corrected chi connectivity index (χ2v) is 6.29. The maximum atomic E-state index is 5.28. The van der Waals surface area contributed by atoms with E-state index < -0.39 is 0 Å². The highest BCUT2D eigenvalue weighted by molar-refractivity contribution is 7.15. The lowest BCUT2D eigenvalue weighted by molar-refractivity contribution is 0.181. The van der Waals surface area contributed by atoms with Crippen LogP contribution in [-0.2, 0) is 17.9 Å². The average Bonchev–Trinajstić information content (AvgIpc) is 2.70. The van der Waals surface area contributed by atoms with E-state index in [2.05, 4.69) is 29.1 Å². The van der Waals surface area contributed by atoms with Crippen molar-refractivity contribution in [3.63, 3.8) is 0 Å². The smallest absolute Gasteiger partial charge is 0.185 e. The fourth-order valence-corrected chi connectivity index (χ4v) is 3.45. The van der Waals surface area contributed by atoms with Crippen molar-refractivity contribution in [2.45, 2.75) is 26.5 Å². The number of hydrogen-bond acceptors (Lipinski definition) is 6. The first-order valence-corrected chi connectivity index (χ1v) is 8.18. The highest BCUT2D eigenvalue weighted by atomic mass is 32.1. The minimum atomic E-state index is 0.602. The quantitative estimate of drug-likeness (QED) is 0.863. The highest BCUT2D eigenvalue weighted by Crippen LogP contribution is 2.27. The fraction of sp³-hybridized carbons (Fsp3) is 0.786. The number of hydrogen-bond donors (Lipinski definition) is 1. The number of likely N-dealkylation sites (N-methyl/N-ethyl adjacent to an activating group) is 1. The van der Waals surface area contributed by atoms with Crippen molar-refractivity contribution in [2.75, 3.05) is 51.8 Å². The molecule has 0 aliphatic carbocycles. The Balaban J connectivity index is 2.09. The molecule has 5 nitrogen and oxygen atoms in total. The summed E-state index contributed by atoms with van der Waals surface area (Å²) in [6, 6.07) is 0. The van der Waals surface area contributed by atoms with Crippen molar-refractivity contribution in [1.82, 2.24) is 15.2 Å². The maximum absolute atomic E-state index is 5.28. The Labute approximate surface area is 125 Å². The van der Waals surface area contributed by atoms with E-state index in [1.807, 2.05) is 11.3 Å². The van der Waals surface area contributed by atoms with Crippen LogP contribution in [0, 0.1) is 0 Å².